The summed E-state index contributed by atoms with van der Waals surface area (Å²) in [7, 11) is 0. The Kier molecular flexibility index (Phi) is 1.98. The van der Waals surface area contributed by atoms with Crippen LogP contribution >= 0.6 is 11.3 Å². The Labute approximate surface area is 75.2 Å². The number of thiophene rings is 1. The topological polar surface area (TPSA) is 26.3 Å². The van der Waals surface area contributed by atoms with Gasteiger partial charge in [0.2, 0.25) is 0 Å². The largest absolute Gasteiger partial charge is 0.376 e. The van der Waals surface area contributed by atoms with Crippen LogP contribution in [0.1, 0.15) is 27.7 Å². The highest BCUT2D eigenvalue weighted by Crippen LogP contribution is 2.27. The summed E-state index contributed by atoms with van der Waals surface area (Å²) >= 11 is 1.54. The molecule has 0 aromatic carbocycles. The zero-order chi connectivity index (χ0) is 8.55. The van der Waals surface area contributed by atoms with Crippen molar-refractivity contribution in [3.05, 3.63) is 21.4 Å². The monoisotopic (exact) mass is 182 g/mol. The molecular formula is C9H10O2S. The summed E-state index contributed by atoms with van der Waals surface area (Å²) in [6.45, 7) is 3.06. The highest BCUT2D eigenvalue weighted by atomic mass is 32.1. The summed E-state index contributed by atoms with van der Waals surface area (Å²) in [5, 5.41) is 2.03. The van der Waals surface area contributed by atoms with Crippen LogP contribution in [0, 0.1) is 0 Å². The van der Waals surface area contributed by atoms with Crippen molar-refractivity contribution >= 4 is 17.1 Å². The minimum Gasteiger partial charge on any atom is -0.376 e. The number of hydrogen-bond donors (Lipinski definition) is 0. The molecule has 2 nitrogen and oxygen atoms in total. The molecule has 1 aliphatic heterocycles. The Bertz CT molecular complexity index is 314. The molecule has 0 radical (unpaired) electrons. The fraction of sp³-hybridized carbons (Fsp3) is 0.444. The molecule has 1 aromatic heterocycles. The number of ketones is 1. The molecule has 0 saturated heterocycles. The van der Waals surface area contributed by atoms with E-state index >= 15 is 0 Å². The first-order valence-corrected chi connectivity index (χ1v) is 4.85. The fourth-order valence-corrected chi connectivity index (χ4v) is 2.48. The molecule has 0 fully saturated rings. The molecule has 0 atom stereocenters. The molecule has 3 heteroatoms. The number of Topliss-reactive ketones (excluding diaryl/α,β-unsaturated/α-hetero) is 1. The van der Waals surface area contributed by atoms with Gasteiger partial charge in [-0.05, 0) is 29.9 Å². The molecule has 2 rings (SSSR count). The van der Waals surface area contributed by atoms with Gasteiger partial charge in [0.25, 0.3) is 0 Å². The molecule has 64 valence electrons. The van der Waals surface area contributed by atoms with Crippen molar-refractivity contribution < 1.29 is 9.53 Å². The van der Waals surface area contributed by atoms with Crippen molar-refractivity contribution in [2.24, 2.45) is 0 Å². The van der Waals surface area contributed by atoms with E-state index in [2.05, 4.69) is 0 Å². The van der Waals surface area contributed by atoms with Crippen molar-refractivity contribution in [1.82, 2.24) is 0 Å². The third kappa shape index (κ3) is 1.19. The number of rotatable bonds is 1. The first-order chi connectivity index (χ1) is 5.79. The summed E-state index contributed by atoms with van der Waals surface area (Å²) in [5.74, 6) is 0.183. The Hall–Kier alpha value is -0.670. The summed E-state index contributed by atoms with van der Waals surface area (Å²) in [5.41, 5.74) is 2.43. The number of ether oxygens (including phenoxy) is 1. The minimum absolute atomic E-state index is 0.183. The van der Waals surface area contributed by atoms with E-state index in [1.807, 2.05) is 5.38 Å². The predicted octanol–water partition coefficient (Wildman–Crippen LogP) is 2.02. The van der Waals surface area contributed by atoms with Crippen LogP contribution in [0.4, 0.5) is 0 Å². The van der Waals surface area contributed by atoms with Gasteiger partial charge in [-0.15, -0.1) is 11.3 Å². The normalized spacial score (nSPS) is 15.8. The Morgan fingerprint density at radius 2 is 2.50 bits per heavy atom. The summed E-state index contributed by atoms with van der Waals surface area (Å²) in [4.78, 5) is 12.1. The molecule has 2 heterocycles. The van der Waals surface area contributed by atoms with Gasteiger partial charge in [0.1, 0.15) is 0 Å². The molecule has 0 amide bonds. The van der Waals surface area contributed by atoms with Crippen LogP contribution in [0.5, 0.6) is 0 Å². The second-order valence-corrected chi connectivity index (χ2v) is 3.81. The van der Waals surface area contributed by atoms with Crippen molar-refractivity contribution in [3.63, 3.8) is 0 Å². The molecule has 0 saturated carbocycles. The van der Waals surface area contributed by atoms with E-state index in [1.54, 1.807) is 18.3 Å². The predicted molar refractivity (Wildman–Crippen MR) is 47.7 cm³/mol. The van der Waals surface area contributed by atoms with Crippen LogP contribution < -0.4 is 0 Å². The van der Waals surface area contributed by atoms with Gasteiger partial charge in [0, 0.05) is 0 Å². The van der Waals surface area contributed by atoms with Crippen LogP contribution in [-0.4, -0.2) is 12.4 Å². The Balaban J connectivity index is 2.44. The maximum absolute atomic E-state index is 11.1. The average molecular weight is 182 g/mol. The van der Waals surface area contributed by atoms with Crippen LogP contribution in [0.25, 0.3) is 0 Å². The summed E-state index contributed by atoms with van der Waals surface area (Å²) < 4.78 is 5.28. The van der Waals surface area contributed by atoms with Gasteiger partial charge in [-0.3, -0.25) is 4.79 Å². The number of hydrogen-bond acceptors (Lipinski definition) is 3. The van der Waals surface area contributed by atoms with E-state index in [0.717, 1.165) is 17.9 Å². The average Bonchev–Trinajstić information content (AvgIpc) is 2.47. The molecule has 0 aliphatic carbocycles. The highest BCUT2D eigenvalue weighted by Gasteiger charge is 2.17. The Morgan fingerprint density at radius 3 is 3.25 bits per heavy atom. The second-order valence-electron chi connectivity index (χ2n) is 2.93. The molecular weight excluding hydrogens is 172 g/mol. The number of carbonyl (C=O) groups excluding carboxylic acids is 1. The minimum atomic E-state index is 0.183. The van der Waals surface area contributed by atoms with Gasteiger partial charge < -0.3 is 4.74 Å². The van der Waals surface area contributed by atoms with Crippen molar-refractivity contribution in [2.75, 3.05) is 6.61 Å². The van der Waals surface area contributed by atoms with E-state index in [4.69, 9.17) is 4.74 Å². The lowest BCUT2D eigenvalue weighted by Crippen LogP contribution is -2.09. The SMILES string of the molecule is CC(=O)c1scc2c1CCOC2. The number of fused-ring (bicyclic) bond motifs is 1. The molecule has 0 bridgehead atoms. The Morgan fingerprint density at radius 1 is 1.67 bits per heavy atom. The van der Waals surface area contributed by atoms with Crippen LogP contribution in [0.2, 0.25) is 0 Å². The van der Waals surface area contributed by atoms with E-state index < -0.39 is 0 Å². The highest BCUT2D eigenvalue weighted by molar-refractivity contribution is 7.12. The van der Waals surface area contributed by atoms with Crippen LogP contribution in [0.15, 0.2) is 5.38 Å². The number of carbonyl (C=O) groups is 1. The van der Waals surface area contributed by atoms with Gasteiger partial charge >= 0.3 is 0 Å². The third-order valence-electron chi connectivity index (χ3n) is 2.05. The lowest BCUT2D eigenvalue weighted by atomic mass is 10.1. The molecule has 1 aliphatic rings. The first kappa shape index (κ1) is 7.95. The molecule has 1 aromatic rings. The lowest BCUT2D eigenvalue weighted by molar-refractivity contribution is 0.100. The smallest absolute Gasteiger partial charge is 0.170 e. The van der Waals surface area contributed by atoms with E-state index in [0.29, 0.717) is 6.61 Å². The van der Waals surface area contributed by atoms with Gasteiger partial charge in [-0.2, -0.15) is 0 Å². The van der Waals surface area contributed by atoms with Gasteiger partial charge in [-0.1, -0.05) is 0 Å². The van der Waals surface area contributed by atoms with E-state index in [-0.39, 0.29) is 5.78 Å². The van der Waals surface area contributed by atoms with Crippen molar-refractivity contribution in [2.45, 2.75) is 20.0 Å². The second kappa shape index (κ2) is 2.99. The van der Waals surface area contributed by atoms with Crippen molar-refractivity contribution in [3.8, 4) is 0 Å². The fourth-order valence-electron chi connectivity index (χ4n) is 1.47. The zero-order valence-corrected chi connectivity index (χ0v) is 7.74. The van der Waals surface area contributed by atoms with Crippen LogP contribution in [0.3, 0.4) is 0 Å². The zero-order valence-electron chi connectivity index (χ0n) is 6.92. The summed E-state index contributed by atoms with van der Waals surface area (Å²) in [6, 6.07) is 0. The quantitative estimate of drug-likeness (QED) is 0.621. The maximum atomic E-state index is 11.1. The van der Waals surface area contributed by atoms with Crippen molar-refractivity contribution in [1.29, 1.82) is 0 Å². The molecule has 0 N–H and O–H groups in total. The third-order valence-corrected chi connectivity index (χ3v) is 3.23. The molecule has 12 heavy (non-hydrogen) atoms. The lowest BCUT2D eigenvalue weighted by Gasteiger charge is -2.12. The van der Waals surface area contributed by atoms with Gasteiger partial charge in [0.05, 0.1) is 18.1 Å². The van der Waals surface area contributed by atoms with Gasteiger partial charge in [0.15, 0.2) is 5.78 Å². The maximum Gasteiger partial charge on any atom is 0.170 e. The standard InChI is InChI=1S/C9H10O2S/c1-6(10)9-8-2-3-11-4-7(8)5-12-9/h5H,2-4H2,1H3. The van der Waals surface area contributed by atoms with E-state index in [1.165, 1.54) is 11.1 Å². The van der Waals surface area contributed by atoms with E-state index in [9.17, 15) is 4.79 Å². The van der Waals surface area contributed by atoms with Crippen LogP contribution in [-0.2, 0) is 17.8 Å². The molecule has 0 unspecified atom stereocenters. The first-order valence-electron chi connectivity index (χ1n) is 3.97. The molecule has 0 spiro atoms. The summed E-state index contributed by atoms with van der Waals surface area (Å²) in [6.07, 6.45) is 0.897. The van der Waals surface area contributed by atoms with Gasteiger partial charge in [-0.25, -0.2) is 0 Å².